The fourth-order valence-electron chi connectivity index (χ4n) is 3.03. The molecule has 0 saturated carbocycles. The number of thiazole rings is 1. The zero-order valence-corrected chi connectivity index (χ0v) is 18.4. The molecular formula is C22H16F3N5O3S. The van der Waals surface area contributed by atoms with Crippen molar-refractivity contribution >= 4 is 39.1 Å². The lowest BCUT2D eigenvalue weighted by molar-refractivity contribution is -0.274. The van der Waals surface area contributed by atoms with Crippen LogP contribution in [0.2, 0.25) is 0 Å². The van der Waals surface area contributed by atoms with Crippen molar-refractivity contribution in [2.24, 2.45) is 0 Å². The zero-order valence-electron chi connectivity index (χ0n) is 17.5. The first-order chi connectivity index (χ1) is 16.2. The third-order valence-electron chi connectivity index (χ3n) is 4.50. The van der Waals surface area contributed by atoms with Crippen LogP contribution in [0.15, 0.2) is 60.9 Å². The predicted molar refractivity (Wildman–Crippen MR) is 119 cm³/mol. The van der Waals surface area contributed by atoms with E-state index in [9.17, 15) is 22.8 Å². The number of amides is 2. The van der Waals surface area contributed by atoms with Crippen LogP contribution in [-0.4, -0.2) is 51.6 Å². The number of halogens is 3. The van der Waals surface area contributed by atoms with Crippen molar-refractivity contribution in [1.82, 2.24) is 19.9 Å². The van der Waals surface area contributed by atoms with Gasteiger partial charge in [-0.05, 0) is 36.4 Å². The third kappa shape index (κ3) is 5.46. The van der Waals surface area contributed by atoms with Crippen LogP contribution < -0.4 is 10.1 Å². The highest BCUT2D eigenvalue weighted by Gasteiger charge is 2.31. The largest absolute Gasteiger partial charge is 0.573 e. The minimum Gasteiger partial charge on any atom is -0.406 e. The fraction of sp³-hybridized carbons (Fsp3) is 0.136. The Bertz CT molecular complexity index is 1310. The van der Waals surface area contributed by atoms with Crippen LogP contribution in [-0.2, 0) is 4.79 Å². The monoisotopic (exact) mass is 487 g/mol. The maximum Gasteiger partial charge on any atom is 0.573 e. The normalized spacial score (nSPS) is 11.3. The van der Waals surface area contributed by atoms with Crippen LogP contribution in [0, 0.1) is 0 Å². The average molecular weight is 487 g/mol. The smallest absolute Gasteiger partial charge is 0.406 e. The Morgan fingerprint density at radius 1 is 1.06 bits per heavy atom. The Kier molecular flexibility index (Phi) is 6.41. The van der Waals surface area contributed by atoms with E-state index >= 15 is 0 Å². The van der Waals surface area contributed by atoms with Gasteiger partial charge < -0.3 is 15.0 Å². The van der Waals surface area contributed by atoms with E-state index in [2.05, 4.69) is 25.0 Å². The molecule has 2 aromatic heterocycles. The molecule has 2 aromatic carbocycles. The van der Waals surface area contributed by atoms with Crippen molar-refractivity contribution < 1.29 is 27.5 Å². The van der Waals surface area contributed by atoms with Gasteiger partial charge in [-0.2, -0.15) is 0 Å². The number of hydrogen-bond donors (Lipinski definition) is 1. The first-order valence-electron chi connectivity index (χ1n) is 9.78. The SMILES string of the molecule is CN(CC(=O)Nc1ccc(OC(F)(F)F)cc1)C(=O)c1nccnc1-c1nc2ccccc2s1. The molecule has 2 heterocycles. The Morgan fingerprint density at radius 3 is 2.47 bits per heavy atom. The number of hydrogen-bond acceptors (Lipinski definition) is 7. The van der Waals surface area contributed by atoms with E-state index in [-0.39, 0.29) is 17.9 Å². The summed E-state index contributed by atoms with van der Waals surface area (Å²) in [4.78, 5) is 39.5. The molecule has 0 fully saturated rings. The maximum atomic E-state index is 13.0. The van der Waals surface area contributed by atoms with E-state index in [0.29, 0.717) is 10.7 Å². The van der Waals surface area contributed by atoms with Crippen LogP contribution >= 0.6 is 11.3 Å². The van der Waals surface area contributed by atoms with E-state index in [1.165, 1.54) is 42.9 Å². The molecule has 0 atom stereocenters. The van der Waals surface area contributed by atoms with Crippen molar-refractivity contribution in [1.29, 1.82) is 0 Å². The standard InChI is InChI=1S/C22H16F3N5O3S/c1-30(12-17(31)28-13-6-8-14(9-7-13)33-22(23,24)25)21(32)19-18(26-10-11-27-19)20-29-15-4-2-3-5-16(15)34-20/h2-11H,12H2,1H3,(H,28,31). The van der Waals surface area contributed by atoms with Crippen LogP contribution in [0.5, 0.6) is 5.75 Å². The van der Waals surface area contributed by atoms with E-state index in [1.807, 2.05) is 24.3 Å². The minimum absolute atomic E-state index is 0.0468. The first-order valence-corrected chi connectivity index (χ1v) is 10.6. The number of likely N-dealkylation sites (N-methyl/N-ethyl adjacent to an activating group) is 1. The topological polar surface area (TPSA) is 97.3 Å². The number of aromatic nitrogens is 3. The number of benzene rings is 2. The summed E-state index contributed by atoms with van der Waals surface area (Å²) in [5.41, 5.74) is 1.37. The number of ether oxygens (including phenoxy) is 1. The lowest BCUT2D eigenvalue weighted by Gasteiger charge is -2.17. The lowest BCUT2D eigenvalue weighted by Crippen LogP contribution is -2.35. The summed E-state index contributed by atoms with van der Waals surface area (Å²) in [5.74, 6) is -1.50. The van der Waals surface area contributed by atoms with Gasteiger partial charge in [0.1, 0.15) is 16.5 Å². The molecule has 4 aromatic rings. The molecule has 174 valence electrons. The van der Waals surface area contributed by atoms with E-state index in [4.69, 9.17) is 0 Å². The van der Waals surface area contributed by atoms with Crippen molar-refractivity contribution in [3.8, 4) is 16.5 Å². The molecule has 0 unspecified atom stereocenters. The molecule has 12 heteroatoms. The van der Waals surface area contributed by atoms with Crippen LogP contribution in [0.25, 0.3) is 20.9 Å². The quantitative estimate of drug-likeness (QED) is 0.434. The third-order valence-corrected chi connectivity index (χ3v) is 5.54. The van der Waals surface area contributed by atoms with Gasteiger partial charge in [0, 0.05) is 25.1 Å². The van der Waals surface area contributed by atoms with Crippen molar-refractivity contribution in [2.75, 3.05) is 18.9 Å². The molecule has 0 aliphatic carbocycles. The molecule has 0 spiro atoms. The Balaban J connectivity index is 1.44. The summed E-state index contributed by atoms with van der Waals surface area (Å²) in [6.45, 7) is -0.324. The highest BCUT2D eigenvalue weighted by atomic mass is 32.1. The fourth-order valence-corrected chi connectivity index (χ4v) is 4.00. The van der Waals surface area contributed by atoms with Gasteiger partial charge in [0.2, 0.25) is 5.91 Å². The molecule has 4 rings (SSSR count). The van der Waals surface area contributed by atoms with Gasteiger partial charge in [0.05, 0.1) is 16.8 Å². The van der Waals surface area contributed by atoms with Gasteiger partial charge in [0.15, 0.2) is 5.69 Å². The van der Waals surface area contributed by atoms with Crippen molar-refractivity contribution in [3.05, 3.63) is 66.6 Å². The van der Waals surface area contributed by atoms with Gasteiger partial charge in [-0.1, -0.05) is 12.1 Å². The number of carbonyl (C=O) groups excluding carboxylic acids is 2. The van der Waals surface area contributed by atoms with Crippen LogP contribution in [0.3, 0.4) is 0 Å². The molecule has 1 N–H and O–H groups in total. The summed E-state index contributed by atoms with van der Waals surface area (Å²) >= 11 is 1.37. The second kappa shape index (κ2) is 9.43. The molecule has 34 heavy (non-hydrogen) atoms. The molecular weight excluding hydrogens is 471 g/mol. The Morgan fingerprint density at radius 2 is 1.76 bits per heavy atom. The van der Waals surface area contributed by atoms with E-state index in [0.717, 1.165) is 27.2 Å². The Labute approximate surface area is 195 Å². The summed E-state index contributed by atoms with van der Waals surface area (Å²) in [6.07, 6.45) is -1.97. The molecule has 0 aliphatic rings. The van der Waals surface area contributed by atoms with Crippen LogP contribution in [0.1, 0.15) is 10.5 Å². The summed E-state index contributed by atoms with van der Waals surface area (Å²) in [7, 11) is 1.43. The van der Waals surface area contributed by atoms with Gasteiger partial charge in [0.25, 0.3) is 5.91 Å². The zero-order chi connectivity index (χ0) is 24.3. The van der Waals surface area contributed by atoms with Crippen LogP contribution in [0.4, 0.5) is 18.9 Å². The van der Waals surface area contributed by atoms with Crippen molar-refractivity contribution in [3.63, 3.8) is 0 Å². The average Bonchev–Trinajstić information content (AvgIpc) is 3.23. The molecule has 2 amide bonds. The highest BCUT2D eigenvalue weighted by Crippen LogP contribution is 2.30. The predicted octanol–water partition coefficient (Wildman–Crippen LogP) is 4.36. The lowest BCUT2D eigenvalue weighted by atomic mass is 10.2. The van der Waals surface area contributed by atoms with Gasteiger partial charge >= 0.3 is 6.36 Å². The summed E-state index contributed by atoms with van der Waals surface area (Å²) in [6, 6.07) is 12.2. The maximum absolute atomic E-state index is 13.0. The molecule has 0 radical (unpaired) electrons. The van der Waals surface area contributed by atoms with Gasteiger partial charge in [-0.25, -0.2) is 15.0 Å². The van der Waals surface area contributed by atoms with E-state index in [1.54, 1.807) is 0 Å². The molecule has 0 aliphatic heterocycles. The number of alkyl halides is 3. The number of para-hydroxylation sites is 1. The summed E-state index contributed by atoms with van der Waals surface area (Å²) < 4.78 is 41.5. The van der Waals surface area contributed by atoms with Crippen molar-refractivity contribution in [2.45, 2.75) is 6.36 Å². The molecule has 0 saturated heterocycles. The Hall–Kier alpha value is -4.06. The second-order valence-corrected chi connectivity index (χ2v) is 8.05. The first kappa shape index (κ1) is 23.1. The summed E-state index contributed by atoms with van der Waals surface area (Å²) in [5, 5.41) is 3.04. The number of nitrogens with one attached hydrogen (secondary N) is 1. The van der Waals surface area contributed by atoms with Gasteiger partial charge in [-0.3, -0.25) is 9.59 Å². The minimum atomic E-state index is -4.81. The van der Waals surface area contributed by atoms with Gasteiger partial charge in [-0.15, -0.1) is 24.5 Å². The molecule has 8 nitrogen and oxygen atoms in total. The number of carbonyl (C=O) groups is 2. The molecule has 0 bridgehead atoms. The number of rotatable bonds is 6. The number of nitrogens with zero attached hydrogens (tertiary/aromatic N) is 4. The highest BCUT2D eigenvalue weighted by molar-refractivity contribution is 7.21. The number of anilines is 1. The second-order valence-electron chi connectivity index (χ2n) is 7.02. The number of fused-ring (bicyclic) bond motifs is 1. The van der Waals surface area contributed by atoms with E-state index < -0.39 is 23.9 Å².